The summed E-state index contributed by atoms with van der Waals surface area (Å²) in [6.07, 6.45) is 0.258. The van der Waals surface area contributed by atoms with E-state index in [0.717, 1.165) is 0 Å². The van der Waals surface area contributed by atoms with E-state index in [9.17, 15) is 4.79 Å². The van der Waals surface area contributed by atoms with Gasteiger partial charge in [-0.2, -0.15) is 10.5 Å². The van der Waals surface area contributed by atoms with Crippen LogP contribution in [0.5, 0.6) is 0 Å². The topological polar surface area (TPSA) is 67.9 Å². The lowest BCUT2D eigenvalue weighted by Gasteiger charge is -2.22. The number of anilines is 1. The van der Waals surface area contributed by atoms with Gasteiger partial charge >= 0.3 is 0 Å². The molecule has 1 heterocycles. The number of amides is 1. The van der Waals surface area contributed by atoms with E-state index in [1.165, 1.54) is 0 Å². The van der Waals surface area contributed by atoms with Crippen molar-refractivity contribution >= 4 is 11.6 Å². The van der Waals surface area contributed by atoms with Gasteiger partial charge in [0, 0.05) is 12.1 Å². The van der Waals surface area contributed by atoms with Crippen molar-refractivity contribution < 1.29 is 4.79 Å². The molecule has 2 atom stereocenters. The lowest BCUT2D eigenvalue weighted by Crippen LogP contribution is -2.32. The molecule has 1 aromatic carbocycles. The minimum atomic E-state index is -0.270. The van der Waals surface area contributed by atoms with Crippen LogP contribution in [0.4, 0.5) is 5.69 Å². The molecule has 1 saturated heterocycles. The van der Waals surface area contributed by atoms with Crippen LogP contribution in [0.15, 0.2) is 24.3 Å². The van der Waals surface area contributed by atoms with Gasteiger partial charge in [-0.25, -0.2) is 0 Å². The van der Waals surface area contributed by atoms with Crippen LogP contribution in [0.25, 0.3) is 0 Å². The Kier molecular flexibility index (Phi) is 2.80. The summed E-state index contributed by atoms with van der Waals surface area (Å²) in [6.45, 7) is 1.86. The normalized spacial score (nSPS) is 23.2. The van der Waals surface area contributed by atoms with Crippen molar-refractivity contribution in [3.8, 4) is 12.1 Å². The molecule has 1 aliphatic heterocycles. The lowest BCUT2D eigenvalue weighted by atomic mass is 10.0. The van der Waals surface area contributed by atoms with Gasteiger partial charge in [0.25, 0.3) is 0 Å². The van der Waals surface area contributed by atoms with Gasteiger partial charge in [0.05, 0.1) is 29.7 Å². The Morgan fingerprint density at radius 2 is 2.18 bits per heavy atom. The summed E-state index contributed by atoms with van der Waals surface area (Å²) in [7, 11) is 0. The number of carbonyl (C=O) groups excluding carboxylic acids is 1. The van der Waals surface area contributed by atoms with E-state index >= 15 is 0 Å². The van der Waals surface area contributed by atoms with Gasteiger partial charge in [0.2, 0.25) is 5.91 Å². The molecule has 0 aliphatic carbocycles. The fourth-order valence-corrected chi connectivity index (χ4v) is 2.12. The first-order valence-electron chi connectivity index (χ1n) is 5.39. The molecule has 2 unspecified atom stereocenters. The quantitative estimate of drug-likeness (QED) is 0.732. The molecule has 84 valence electrons. The van der Waals surface area contributed by atoms with Gasteiger partial charge in [0.1, 0.15) is 0 Å². The third-order valence-corrected chi connectivity index (χ3v) is 3.07. The highest BCUT2D eigenvalue weighted by Gasteiger charge is 2.37. The molecule has 4 heteroatoms. The van der Waals surface area contributed by atoms with E-state index in [2.05, 4.69) is 6.07 Å². The molecule has 0 bridgehead atoms. The average Bonchev–Trinajstić information content (AvgIpc) is 2.64. The number of carbonyl (C=O) groups is 1. The first-order valence-corrected chi connectivity index (χ1v) is 5.39. The van der Waals surface area contributed by atoms with Crippen LogP contribution < -0.4 is 4.90 Å². The molecule has 2 rings (SSSR count). The smallest absolute Gasteiger partial charge is 0.228 e. The number of hydrogen-bond donors (Lipinski definition) is 0. The first-order chi connectivity index (χ1) is 8.17. The Morgan fingerprint density at radius 1 is 1.41 bits per heavy atom. The van der Waals surface area contributed by atoms with E-state index in [1.54, 1.807) is 29.2 Å². The Bertz CT molecular complexity index is 538. The zero-order chi connectivity index (χ0) is 12.4. The number of nitriles is 2. The van der Waals surface area contributed by atoms with Gasteiger partial charge in [-0.1, -0.05) is 6.07 Å². The predicted octanol–water partition coefficient (Wildman–Crippen LogP) is 1.82. The van der Waals surface area contributed by atoms with Crippen LogP contribution in [0, 0.1) is 28.6 Å². The van der Waals surface area contributed by atoms with Crippen molar-refractivity contribution in [3.63, 3.8) is 0 Å². The number of hydrogen-bond acceptors (Lipinski definition) is 3. The number of nitrogens with zero attached hydrogens (tertiary/aromatic N) is 3. The van der Waals surface area contributed by atoms with Crippen molar-refractivity contribution in [2.75, 3.05) is 4.90 Å². The standard InChI is InChI=1S/C13H11N3O/c1-9-11(8-15)6-13(17)16(9)12-4-2-3-10(5-12)7-14/h2-5,9,11H,6H2,1H3. The monoisotopic (exact) mass is 225 g/mol. The molecule has 17 heavy (non-hydrogen) atoms. The molecule has 0 radical (unpaired) electrons. The first kappa shape index (κ1) is 11.2. The van der Waals surface area contributed by atoms with Gasteiger partial charge < -0.3 is 4.90 Å². The molecular formula is C13H11N3O. The molecule has 0 aromatic heterocycles. The maximum absolute atomic E-state index is 11.8. The van der Waals surface area contributed by atoms with Crippen LogP contribution in [0.2, 0.25) is 0 Å². The van der Waals surface area contributed by atoms with Crippen molar-refractivity contribution in [3.05, 3.63) is 29.8 Å². The minimum Gasteiger partial charge on any atom is -0.308 e. The molecule has 1 fully saturated rings. The van der Waals surface area contributed by atoms with E-state index in [4.69, 9.17) is 10.5 Å². The molecule has 0 spiro atoms. The summed E-state index contributed by atoms with van der Waals surface area (Å²) in [4.78, 5) is 13.5. The summed E-state index contributed by atoms with van der Waals surface area (Å²) in [5, 5.41) is 17.8. The Hall–Kier alpha value is -2.33. The van der Waals surface area contributed by atoms with Crippen LogP contribution in [0.3, 0.4) is 0 Å². The van der Waals surface area contributed by atoms with Crippen molar-refractivity contribution in [1.29, 1.82) is 10.5 Å². The molecule has 1 amide bonds. The fourth-order valence-electron chi connectivity index (χ4n) is 2.12. The van der Waals surface area contributed by atoms with Gasteiger partial charge in [-0.3, -0.25) is 4.79 Å². The van der Waals surface area contributed by atoms with Crippen LogP contribution in [0.1, 0.15) is 18.9 Å². The van der Waals surface area contributed by atoms with Crippen molar-refractivity contribution in [2.24, 2.45) is 5.92 Å². The Balaban J connectivity index is 2.38. The second-order valence-electron chi connectivity index (χ2n) is 4.11. The summed E-state index contributed by atoms with van der Waals surface area (Å²) in [5.41, 5.74) is 1.21. The molecule has 1 aliphatic rings. The van der Waals surface area contributed by atoms with E-state index in [-0.39, 0.29) is 24.3 Å². The van der Waals surface area contributed by atoms with Crippen molar-refractivity contribution in [1.82, 2.24) is 0 Å². The summed E-state index contributed by atoms with van der Waals surface area (Å²) < 4.78 is 0. The SMILES string of the molecule is CC1C(C#N)CC(=O)N1c1cccc(C#N)c1. The Morgan fingerprint density at radius 3 is 2.76 bits per heavy atom. The zero-order valence-electron chi connectivity index (χ0n) is 9.42. The largest absolute Gasteiger partial charge is 0.308 e. The summed E-state index contributed by atoms with van der Waals surface area (Å²) in [6, 6.07) is 10.9. The van der Waals surface area contributed by atoms with Crippen LogP contribution in [-0.4, -0.2) is 11.9 Å². The van der Waals surface area contributed by atoms with Crippen LogP contribution >= 0.6 is 0 Å². The second kappa shape index (κ2) is 4.27. The summed E-state index contributed by atoms with van der Waals surface area (Å²) in [5.74, 6) is -0.326. The molecular weight excluding hydrogens is 214 g/mol. The van der Waals surface area contributed by atoms with Crippen LogP contribution in [-0.2, 0) is 4.79 Å². The maximum Gasteiger partial charge on any atom is 0.228 e. The predicted molar refractivity (Wildman–Crippen MR) is 61.8 cm³/mol. The Labute approximate surface area is 99.7 Å². The number of rotatable bonds is 1. The van der Waals surface area contributed by atoms with E-state index in [0.29, 0.717) is 11.3 Å². The third kappa shape index (κ3) is 1.86. The van der Waals surface area contributed by atoms with Gasteiger partial charge in [-0.05, 0) is 25.1 Å². The van der Waals surface area contributed by atoms with Gasteiger partial charge in [0.15, 0.2) is 0 Å². The van der Waals surface area contributed by atoms with E-state index in [1.807, 2.05) is 13.0 Å². The van der Waals surface area contributed by atoms with Crippen molar-refractivity contribution in [2.45, 2.75) is 19.4 Å². The average molecular weight is 225 g/mol. The minimum absolute atomic E-state index is 0.0564. The number of benzene rings is 1. The lowest BCUT2D eigenvalue weighted by molar-refractivity contribution is -0.117. The summed E-state index contributed by atoms with van der Waals surface area (Å²) >= 11 is 0. The molecule has 4 nitrogen and oxygen atoms in total. The zero-order valence-corrected chi connectivity index (χ0v) is 9.42. The van der Waals surface area contributed by atoms with Gasteiger partial charge in [-0.15, -0.1) is 0 Å². The molecule has 0 N–H and O–H groups in total. The third-order valence-electron chi connectivity index (χ3n) is 3.07. The second-order valence-corrected chi connectivity index (χ2v) is 4.11. The van der Waals surface area contributed by atoms with E-state index < -0.39 is 0 Å². The highest BCUT2D eigenvalue weighted by atomic mass is 16.2. The highest BCUT2D eigenvalue weighted by Crippen LogP contribution is 2.30. The molecule has 1 aromatic rings. The highest BCUT2D eigenvalue weighted by molar-refractivity contribution is 5.97. The molecule has 0 saturated carbocycles. The maximum atomic E-state index is 11.8. The fraction of sp³-hybridized carbons (Fsp3) is 0.308.